The summed E-state index contributed by atoms with van der Waals surface area (Å²) in [6, 6.07) is 12.3. The first-order chi connectivity index (χ1) is 13.8. The molecule has 0 saturated heterocycles. The van der Waals surface area contributed by atoms with Crippen LogP contribution >= 0.6 is 23.2 Å². The molecule has 3 rings (SSSR count). The van der Waals surface area contributed by atoms with E-state index in [-0.39, 0.29) is 0 Å². The van der Waals surface area contributed by atoms with Gasteiger partial charge in [0.15, 0.2) is 12.7 Å². The summed E-state index contributed by atoms with van der Waals surface area (Å²) >= 11 is 11.9. The molecule has 1 atom stereocenters. The maximum absolute atomic E-state index is 12.2. The van der Waals surface area contributed by atoms with Gasteiger partial charge in [-0.1, -0.05) is 23.2 Å². The van der Waals surface area contributed by atoms with E-state index < -0.39 is 30.2 Å². The number of hydrogen-bond donors (Lipinski definition) is 1. The number of benzene rings is 2. The predicted octanol–water partition coefficient (Wildman–Crippen LogP) is 4.05. The summed E-state index contributed by atoms with van der Waals surface area (Å²) in [5, 5.41) is 3.95. The van der Waals surface area contributed by atoms with Gasteiger partial charge in [0.1, 0.15) is 11.3 Å². The zero-order valence-electron chi connectivity index (χ0n) is 15.1. The van der Waals surface area contributed by atoms with Gasteiger partial charge >= 0.3 is 11.6 Å². The zero-order valence-corrected chi connectivity index (χ0v) is 16.6. The van der Waals surface area contributed by atoms with E-state index in [4.69, 9.17) is 37.1 Å². The number of carbonyl (C=O) groups is 2. The predicted molar refractivity (Wildman–Crippen MR) is 109 cm³/mol. The highest BCUT2D eigenvalue weighted by atomic mass is 35.5. The molecule has 1 aromatic heterocycles. The minimum absolute atomic E-state index is 0.299. The lowest BCUT2D eigenvalue weighted by Gasteiger charge is -2.14. The Morgan fingerprint density at radius 1 is 1.10 bits per heavy atom. The maximum Gasteiger partial charge on any atom is 0.344 e. The van der Waals surface area contributed by atoms with Crippen molar-refractivity contribution in [1.29, 1.82) is 0 Å². The van der Waals surface area contributed by atoms with Crippen molar-refractivity contribution in [2.45, 2.75) is 13.0 Å². The Morgan fingerprint density at radius 3 is 2.66 bits per heavy atom. The average molecular weight is 436 g/mol. The molecule has 3 aromatic rings. The number of nitrogens with one attached hydrogen (secondary N) is 1. The van der Waals surface area contributed by atoms with Gasteiger partial charge in [-0.2, -0.15) is 0 Å². The summed E-state index contributed by atoms with van der Waals surface area (Å²) in [6.45, 7) is 0.981. The lowest BCUT2D eigenvalue weighted by molar-refractivity contribution is -0.155. The van der Waals surface area contributed by atoms with Gasteiger partial charge in [-0.3, -0.25) is 4.79 Å². The molecule has 1 heterocycles. The lowest BCUT2D eigenvalue weighted by Crippen LogP contribution is -2.31. The summed E-state index contributed by atoms with van der Waals surface area (Å²) in [5.41, 5.74) is 0.143. The van der Waals surface area contributed by atoms with Crippen molar-refractivity contribution in [3.05, 3.63) is 69.0 Å². The van der Waals surface area contributed by atoms with Crippen LogP contribution < -0.4 is 15.7 Å². The number of hydrogen-bond acceptors (Lipinski definition) is 6. The van der Waals surface area contributed by atoms with E-state index in [1.165, 1.54) is 31.2 Å². The molecule has 0 aliphatic carbocycles. The van der Waals surface area contributed by atoms with E-state index in [0.29, 0.717) is 32.5 Å². The van der Waals surface area contributed by atoms with Crippen molar-refractivity contribution in [1.82, 2.24) is 0 Å². The summed E-state index contributed by atoms with van der Waals surface area (Å²) in [5.74, 6) is -1.01. The Bertz CT molecular complexity index is 1130. The third-order valence-corrected chi connectivity index (χ3v) is 4.38. The van der Waals surface area contributed by atoms with Gasteiger partial charge in [0.05, 0.1) is 10.7 Å². The quantitative estimate of drug-likeness (QED) is 0.463. The monoisotopic (exact) mass is 435 g/mol. The number of amides is 1. The first-order valence-electron chi connectivity index (χ1n) is 8.44. The fraction of sp³-hybridized carbons (Fsp3) is 0.150. The Labute approximate surface area is 175 Å². The zero-order chi connectivity index (χ0) is 21.0. The van der Waals surface area contributed by atoms with E-state index >= 15 is 0 Å². The fourth-order valence-electron chi connectivity index (χ4n) is 2.39. The van der Waals surface area contributed by atoms with E-state index in [2.05, 4.69) is 5.32 Å². The number of anilines is 1. The van der Waals surface area contributed by atoms with Crippen LogP contribution in [-0.4, -0.2) is 24.6 Å². The second-order valence-electron chi connectivity index (χ2n) is 5.99. The smallest absolute Gasteiger partial charge is 0.344 e. The van der Waals surface area contributed by atoms with Crippen LogP contribution in [0.4, 0.5) is 5.69 Å². The molecular formula is C20H15Cl2NO6. The van der Waals surface area contributed by atoms with Crippen LogP contribution in [0.5, 0.6) is 5.75 Å². The standard InChI is InChI=1S/C20H15Cl2NO6/c1-11(20(26)23-16-8-13(21)4-6-15(16)22)28-19(25)10-27-14-5-2-12-3-7-18(24)29-17(12)9-14/h2-9,11H,10H2,1H3,(H,23,26). The highest BCUT2D eigenvalue weighted by Gasteiger charge is 2.19. The van der Waals surface area contributed by atoms with Crippen LogP contribution in [0.1, 0.15) is 6.92 Å². The van der Waals surface area contributed by atoms with E-state index in [1.54, 1.807) is 24.3 Å². The molecule has 7 nitrogen and oxygen atoms in total. The molecule has 2 aromatic carbocycles. The summed E-state index contributed by atoms with van der Waals surface area (Å²) in [4.78, 5) is 35.4. The van der Waals surface area contributed by atoms with Gasteiger partial charge in [0.25, 0.3) is 5.91 Å². The van der Waals surface area contributed by atoms with Crippen LogP contribution in [0.3, 0.4) is 0 Å². The summed E-state index contributed by atoms with van der Waals surface area (Å²) in [7, 11) is 0. The molecular weight excluding hydrogens is 421 g/mol. The van der Waals surface area contributed by atoms with Gasteiger partial charge in [-0.05, 0) is 43.3 Å². The average Bonchev–Trinajstić information content (AvgIpc) is 2.68. The number of ether oxygens (including phenoxy) is 2. The lowest BCUT2D eigenvalue weighted by atomic mass is 10.2. The number of carbonyl (C=O) groups excluding carboxylic acids is 2. The Hall–Kier alpha value is -3.03. The molecule has 0 fully saturated rings. The molecule has 0 saturated carbocycles. The largest absolute Gasteiger partial charge is 0.482 e. The minimum atomic E-state index is -1.09. The van der Waals surface area contributed by atoms with Gasteiger partial charge in [-0.15, -0.1) is 0 Å². The fourth-order valence-corrected chi connectivity index (χ4v) is 2.72. The van der Waals surface area contributed by atoms with Gasteiger partial charge in [-0.25, -0.2) is 9.59 Å². The third kappa shape index (κ3) is 5.49. The molecule has 0 aliphatic heterocycles. The molecule has 1 N–H and O–H groups in total. The molecule has 9 heteroatoms. The second kappa shape index (κ2) is 8.98. The summed E-state index contributed by atoms with van der Waals surface area (Å²) < 4.78 is 15.5. The van der Waals surface area contributed by atoms with Crippen LogP contribution in [-0.2, 0) is 14.3 Å². The van der Waals surface area contributed by atoms with Crippen LogP contribution in [0.2, 0.25) is 10.0 Å². The van der Waals surface area contributed by atoms with Crippen molar-refractivity contribution in [3.8, 4) is 5.75 Å². The Morgan fingerprint density at radius 2 is 1.86 bits per heavy atom. The number of fused-ring (bicyclic) bond motifs is 1. The molecule has 150 valence electrons. The first-order valence-corrected chi connectivity index (χ1v) is 9.19. The van der Waals surface area contributed by atoms with Crippen molar-refractivity contribution in [3.63, 3.8) is 0 Å². The Kier molecular flexibility index (Phi) is 6.41. The molecule has 1 unspecified atom stereocenters. The topological polar surface area (TPSA) is 94.8 Å². The highest BCUT2D eigenvalue weighted by molar-refractivity contribution is 6.35. The number of esters is 1. The summed E-state index contributed by atoms with van der Waals surface area (Å²) in [6.07, 6.45) is -1.09. The van der Waals surface area contributed by atoms with E-state index in [1.807, 2.05) is 0 Å². The van der Waals surface area contributed by atoms with Crippen molar-refractivity contribution < 1.29 is 23.5 Å². The normalized spacial score (nSPS) is 11.7. The Balaban J connectivity index is 1.55. The minimum Gasteiger partial charge on any atom is -0.482 e. The number of rotatable bonds is 6. The first kappa shape index (κ1) is 20.7. The van der Waals surface area contributed by atoms with Crippen LogP contribution in [0.15, 0.2) is 57.7 Å². The molecule has 0 radical (unpaired) electrons. The maximum atomic E-state index is 12.2. The van der Waals surface area contributed by atoms with Crippen molar-refractivity contribution in [2.75, 3.05) is 11.9 Å². The SMILES string of the molecule is CC(OC(=O)COc1ccc2ccc(=O)oc2c1)C(=O)Nc1cc(Cl)ccc1Cl. The van der Waals surface area contributed by atoms with Gasteiger partial charge in [0.2, 0.25) is 0 Å². The molecule has 0 aliphatic rings. The number of halogens is 2. The van der Waals surface area contributed by atoms with E-state index in [0.717, 1.165) is 0 Å². The van der Waals surface area contributed by atoms with E-state index in [9.17, 15) is 14.4 Å². The van der Waals surface area contributed by atoms with Crippen LogP contribution in [0.25, 0.3) is 11.0 Å². The molecule has 0 bridgehead atoms. The highest BCUT2D eigenvalue weighted by Crippen LogP contribution is 2.25. The van der Waals surface area contributed by atoms with Crippen molar-refractivity contribution >= 4 is 51.7 Å². The van der Waals surface area contributed by atoms with Crippen LogP contribution in [0, 0.1) is 0 Å². The van der Waals surface area contributed by atoms with Crippen molar-refractivity contribution in [2.24, 2.45) is 0 Å². The molecule has 1 amide bonds. The molecule has 0 spiro atoms. The third-order valence-electron chi connectivity index (χ3n) is 3.81. The van der Waals surface area contributed by atoms with Gasteiger partial charge < -0.3 is 19.2 Å². The van der Waals surface area contributed by atoms with Gasteiger partial charge in [0, 0.05) is 22.5 Å². The molecule has 29 heavy (non-hydrogen) atoms. The second-order valence-corrected chi connectivity index (χ2v) is 6.83.